The van der Waals surface area contributed by atoms with Crippen molar-refractivity contribution in [2.24, 2.45) is 0 Å². The zero-order valence-corrected chi connectivity index (χ0v) is 20.2. The van der Waals surface area contributed by atoms with Gasteiger partial charge >= 0.3 is 0 Å². The van der Waals surface area contributed by atoms with Crippen LogP contribution in [0.25, 0.3) is 5.76 Å². The maximum Gasteiger partial charge on any atom is 0.300 e. The largest absolute Gasteiger partial charge is 0.507 e. The normalized spacial score (nSPS) is 16.9. The summed E-state index contributed by atoms with van der Waals surface area (Å²) in [5.41, 5.74) is 1.68. The van der Waals surface area contributed by atoms with Gasteiger partial charge in [0, 0.05) is 23.9 Å². The molecule has 0 spiro atoms. The minimum absolute atomic E-state index is 0.0931. The highest BCUT2D eigenvalue weighted by molar-refractivity contribution is 6.51. The van der Waals surface area contributed by atoms with Crippen LogP contribution in [-0.4, -0.2) is 29.8 Å². The van der Waals surface area contributed by atoms with E-state index in [1.807, 2.05) is 0 Å². The summed E-state index contributed by atoms with van der Waals surface area (Å²) in [5, 5.41) is 14.3. The van der Waals surface area contributed by atoms with Gasteiger partial charge in [0.05, 0.1) is 28.8 Å². The first-order valence-corrected chi connectivity index (χ1v) is 11.2. The molecule has 4 rings (SSSR count). The van der Waals surface area contributed by atoms with Crippen molar-refractivity contribution in [1.82, 2.24) is 0 Å². The molecule has 2 amide bonds. The molecule has 1 unspecified atom stereocenters. The van der Waals surface area contributed by atoms with Crippen LogP contribution in [0, 0.1) is 0 Å². The number of amides is 2. The number of ketones is 1. The second kappa shape index (κ2) is 9.82. The molecule has 1 atom stereocenters. The molecule has 35 heavy (non-hydrogen) atoms. The summed E-state index contributed by atoms with van der Waals surface area (Å²) in [6, 6.07) is 16.8. The second-order valence-electron chi connectivity index (χ2n) is 7.80. The third-order valence-corrected chi connectivity index (χ3v) is 6.27. The average Bonchev–Trinajstić information content (AvgIpc) is 3.11. The lowest BCUT2D eigenvalue weighted by Gasteiger charge is -2.25. The van der Waals surface area contributed by atoms with Crippen molar-refractivity contribution in [3.05, 3.63) is 93.5 Å². The van der Waals surface area contributed by atoms with E-state index in [9.17, 15) is 19.5 Å². The van der Waals surface area contributed by atoms with Gasteiger partial charge in [-0.3, -0.25) is 19.3 Å². The van der Waals surface area contributed by atoms with E-state index in [1.54, 1.807) is 48.5 Å². The number of methoxy groups -OCH3 is 1. The van der Waals surface area contributed by atoms with E-state index in [4.69, 9.17) is 27.9 Å². The Morgan fingerprint density at radius 2 is 1.63 bits per heavy atom. The summed E-state index contributed by atoms with van der Waals surface area (Å²) < 4.78 is 5.23. The van der Waals surface area contributed by atoms with Gasteiger partial charge in [0.2, 0.25) is 5.91 Å². The van der Waals surface area contributed by atoms with E-state index in [2.05, 4.69) is 5.32 Å². The Morgan fingerprint density at radius 1 is 0.971 bits per heavy atom. The minimum atomic E-state index is -0.929. The zero-order chi connectivity index (χ0) is 25.3. The van der Waals surface area contributed by atoms with Crippen LogP contribution in [0.15, 0.2) is 72.3 Å². The number of nitrogens with zero attached hydrogens (tertiary/aromatic N) is 1. The lowest BCUT2D eigenvalue weighted by Crippen LogP contribution is -2.29. The van der Waals surface area contributed by atoms with Gasteiger partial charge in [0.15, 0.2) is 0 Å². The van der Waals surface area contributed by atoms with Gasteiger partial charge in [-0.25, -0.2) is 0 Å². The molecular weight excluding hydrogens is 491 g/mol. The van der Waals surface area contributed by atoms with Gasteiger partial charge in [-0.1, -0.05) is 35.3 Å². The summed E-state index contributed by atoms with van der Waals surface area (Å²) >= 11 is 12.1. The topological polar surface area (TPSA) is 95.9 Å². The monoisotopic (exact) mass is 510 g/mol. The van der Waals surface area contributed by atoms with Crippen LogP contribution in [0.5, 0.6) is 5.75 Å². The Bertz CT molecular complexity index is 1350. The second-order valence-corrected chi connectivity index (χ2v) is 8.61. The number of nitrogens with one attached hydrogen (secondary N) is 1. The molecule has 0 saturated carbocycles. The fourth-order valence-electron chi connectivity index (χ4n) is 3.91. The summed E-state index contributed by atoms with van der Waals surface area (Å²) in [5.74, 6) is -1.67. The van der Waals surface area contributed by atoms with Crippen LogP contribution in [0.3, 0.4) is 0 Å². The number of ether oxygens (including phenoxy) is 1. The van der Waals surface area contributed by atoms with E-state index < -0.39 is 17.7 Å². The molecule has 0 bridgehead atoms. The first kappa shape index (κ1) is 24.3. The molecule has 0 aliphatic carbocycles. The van der Waals surface area contributed by atoms with Gasteiger partial charge in [-0.05, 0) is 60.2 Å². The number of benzene rings is 3. The van der Waals surface area contributed by atoms with Crippen molar-refractivity contribution in [3.8, 4) is 5.75 Å². The predicted octanol–water partition coefficient (Wildman–Crippen LogP) is 5.59. The van der Waals surface area contributed by atoms with Gasteiger partial charge in [0.25, 0.3) is 11.7 Å². The highest BCUT2D eigenvalue weighted by atomic mass is 35.5. The van der Waals surface area contributed by atoms with Crippen LogP contribution in [-0.2, 0) is 14.4 Å². The highest BCUT2D eigenvalue weighted by Gasteiger charge is 2.47. The molecule has 7 nitrogen and oxygen atoms in total. The Morgan fingerprint density at radius 3 is 2.20 bits per heavy atom. The molecular formula is C26H20Cl2N2O5. The maximum atomic E-state index is 13.2. The third kappa shape index (κ3) is 4.73. The minimum Gasteiger partial charge on any atom is -0.507 e. The number of hydrogen-bond acceptors (Lipinski definition) is 5. The van der Waals surface area contributed by atoms with Crippen molar-refractivity contribution in [2.45, 2.75) is 13.0 Å². The Labute approximate surface area is 211 Å². The van der Waals surface area contributed by atoms with Crippen LogP contribution in [0.4, 0.5) is 11.4 Å². The molecule has 0 aromatic heterocycles. The smallest absolute Gasteiger partial charge is 0.300 e. The van der Waals surface area contributed by atoms with Crippen LogP contribution in [0.1, 0.15) is 24.1 Å². The fourth-order valence-corrected chi connectivity index (χ4v) is 4.21. The first-order valence-electron chi connectivity index (χ1n) is 10.5. The van der Waals surface area contributed by atoms with Crippen molar-refractivity contribution in [3.63, 3.8) is 0 Å². The highest BCUT2D eigenvalue weighted by Crippen LogP contribution is 2.43. The molecule has 1 heterocycles. The number of aliphatic hydroxyl groups excluding tert-OH is 1. The molecule has 0 radical (unpaired) electrons. The summed E-state index contributed by atoms with van der Waals surface area (Å²) in [7, 11) is 1.53. The Kier molecular flexibility index (Phi) is 6.82. The number of aliphatic hydroxyl groups is 1. The van der Waals surface area contributed by atoms with E-state index in [0.29, 0.717) is 22.7 Å². The third-order valence-electron chi connectivity index (χ3n) is 5.53. The summed E-state index contributed by atoms with van der Waals surface area (Å²) in [6.45, 7) is 1.39. The lowest BCUT2D eigenvalue weighted by atomic mass is 9.95. The standard InChI is InChI=1S/C26H20Cl2N2O5/c1-14(31)29-17-6-8-18(9-7-17)30-23(15-3-10-19(35-2)11-4-15)22(25(33)26(30)34)24(32)16-5-12-20(27)21(28)13-16/h3-13,23,32H,1-2H3,(H,29,31)/b24-22-. The summed E-state index contributed by atoms with van der Waals surface area (Å²) in [6.07, 6.45) is 0. The Balaban J connectivity index is 1.88. The fraction of sp³-hybridized carbons (Fsp3) is 0.115. The van der Waals surface area contributed by atoms with E-state index in [1.165, 1.54) is 37.1 Å². The van der Waals surface area contributed by atoms with Crippen LogP contribution in [0.2, 0.25) is 10.0 Å². The molecule has 1 aliphatic rings. The molecule has 2 N–H and O–H groups in total. The summed E-state index contributed by atoms with van der Waals surface area (Å²) in [4.78, 5) is 39.1. The number of hydrogen-bond donors (Lipinski definition) is 2. The first-order chi connectivity index (χ1) is 16.7. The molecule has 3 aromatic rings. The zero-order valence-electron chi connectivity index (χ0n) is 18.7. The molecule has 3 aromatic carbocycles. The van der Waals surface area contributed by atoms with Gasteiger partial charge < -0.3 is 15.2 Å². The van der Waals surface area contributed by atoms with Crippen LogP contribution < -0.4 is 15.0 Å². The van der Waals surface area contributed by atoms with Crippen molar-refractivity contribution < 1.29 is 24.2 Å². The maximum absolute atomic E-state index is 13.2. The molecule has 178 valence electrons. The SMILES string of the molecule is COc1ccc(C2/C(=C(/O)c3ccc(Cl)c(Cl)c3)C(=O)C(=O)N2c2ccc(NC(C)=O)cc2)cc1. The van der Waals surface area contributed by atoms with Gasteiger partial charge in [-0.2, -0.15) is 0 Å². The number of rotatable bonds is 5. The number of halogens is 2. The predicted molar refractivity (Wildman–Crippen MR) is 135 cm³/mol. The van der Waals surface area contributed by atoms with Gasteiger partial charge in [0.1, 0.15) is 11.5 Å². The van der Waals surface area contributed by atoms with E-state index in [0.717, 1.165) is 0 Å². The molecule has 1 saturated heterocycles. The van der Waals surface area contributed by atoms with Gasteiger partial charge in [-0.15, -0.1) is 0 Å². The van der Waals surface area contributed by atoms with E-state index in [-0.39, 0.29) is 32.8 Å². The Hall–Kier alpha value is -3.81. The van der Waals surface area contributed by atoms with Crippen molar-refractivity contribution >= 4 is 57.9 Å². The quantitative estimate of drug-likeness (QED) is 0.265. The number of carbonyl (C=O) groups is 3. The van der Waals surface area contributed by atoms with E-state index >= 15 is 0 Å². The van der Waals surface area contributed by atoms with Crippen molar-refractivity contribution in [2.75, 3.05) is 17.3 Å². The number of carbonyl (C=O) groups excluding carboxylic acids is 3. The number of anilines is 2. The molecule has 1 aliphatic heterocycles. The lowest BCUT2D eigenvalue weighted by molar-refractivity contribution is -0.132. The van der Waals surface area contributed by atoms with Crippen molar-refractivity contribution in [1.29, 1.82) is 0 Å². The average molecular weight is 511 g/mol. The number of Topliss-reactive ketones (excluding diaryl/α,β-unsaturated/α-hetero) is 1. The van der Waals surface area contributed by atoms with Crippen LogP contribution >= 0.6 is 23.2 Å². The molecule has 1 fully saturated rings. The molecule has 9 heteroatoms.